The Labute approximate surface area is 207 Å². The van der Waals surface area contributed by atoms with Crippen LogP contribution in [0, 0.1) is 13.8 Å². The molecule has 5 rings (SSSR count). The van der Waals surface area contributed by atoms with Crippen molar-refractivity contribution < 1.29 is 9.59 Å². The van der Waals surface area contributed by atoms with Gasteiger partial charge in [0.2, 0.25) is 0 Å². The fraction of sp³-hybridized carbons (Fsp3) is 0.269. The lowest BCUT2D eigenvalue weighted by molar-refractivity contribution is 0.0787. The van der Waals surface area contributed by atoms with E-state index in [0.717, 1.165) is 42.7 Å². The van der Waals surface area contributed by atoms with Crippen LogP contribution in [0.25, 0.3) is 17.1 Å². The topological polar surface area (TPSA) is 96.8 Å². The van der Waals surface area contributed by atoms with Crippen LogP contribution in [0.4, 0.5) is 0 Å². The highest BCUT2D eigenvalue weighted by Gasteiger charge is 2.23. The number of Topliss-reactive ketones (excluding diaryl/α,β-unsaturated/α-hetero) is 1. The number of rotatable bonds is 7. The molecular weight excluding hydrogens is 460 g/mol. The number of nitrogens with zero attached hydrogens (tertiary/aromatic N) is 5. The number of hydrogen-bond donors (Lipinski definition) is 1. The molecule has 4 heterocycles. The summed E-state index contributed by atoms with van der Waals surface area (Å²) in [5, 5.41) is 9.46. The molecule has 1 amide bonds. The van der Waals surface area contributed by atoms with E-state index < -0.39 is 0 Å². The molecule has 3 aromatic heterocycles. The molecule has 1 aliphatic rings. The molecule has 0 atom stereocenters. The third-order valence-electron chi connectivity index (χ3n) is 6.28. The molecule has 0 radical (unpaired) electrons. The first kappa shape index (κ1) is 23.0. The van der Waals surface area contributed by atoms with Gasteiger partial charge >= 0.3 is 0 Å². The largest absolute Gasteiger partial charge is 0.356 e. The zero-order chi connectivity index (χ0) is 24.4. The maximum absolute atomic E-state index is 13.0. The number of aromatic amines is 1. The maximum atomic E-state index is 13.0. The monoisotopic (exact) mass is 486 g/mol. The molecule has 1 N–H and O–H groups in total. The van der Waals surface area contributed by atoms with E-state index in [1.165, 1.54) is 17.3 Å². The van der Waals surface area contributed by atoms with Gasteiger partial charge in [-0.05, 0) is 68.1 Å². The van der Waals surface area contributed by atoms with E-state index in [1.54, 1.807) is 24.7 Å². The van der Waals surface area contributed by atoms with Crippen molar-refractivity contribution in [3.8, 4) is 17.1 Å². The second-order valence-corrected chi connectivity index (χ2v) is 9.60. The lowest BCUT2D eigenvalue weighted by Gasteiger charge is -2.13. The van der Waals surface area contributed by atoms with E-state index >= 15 is 0 Å². The summed E-state index contributed by atoms with van der Waals surface area (Å²) < 4.78 is 1.97. The molecule has 1 aromatic carbocycles. The van der Waals surface area contributed by atoms with Gasteiger partial charge in [0.1, 0.15) is 5.69 Å². The van der Waals surface area contributed by atoms with E-state index in [0.29, 0.717) is 22.2 Å². The van der Waals surface area contributed by atoms with Crippen molar-refractivity contribution in [1.29, 1.82) is 0 Å². The van der Waals surface area contributed by atoms with Gasteiger partial charge in [0.25, 0.3) is 5.91 Å². The molecule has 4 aromatic rings. The molecule has 0 unspecified atom stereocenters. The van der Waals surface area contributed by atoms with Crippen molar-refractivity contribution in [2.75, 3.05) is 18.8 Å². The van der Waals surface area contributed by atoms with Crippen LogP contribution < -0.4 is 0 Å². The van der Waals surface area contributed by atoms with Gasteiger partial charge in [-0.3, -0.25) is 19.1 Å². The van der Waals surface area contributed by atoms with Crippen molar-refractivity contribution in [1.82, 2.24) is 29.6 Å². The Morgan fingerprint density at radius 1 is 1.00 bits per heavy atom. The minimum absolute atomic E-state index is 0.0503. The Morgan fingerprint density at radius 2 is 1.77 bits per heavy atom. The van der Waals surface area contributed by atoms with E-state index in [9.17, 15) is 9.59 Å². The van der Waals surface area contributed by atoms with E-state index in [-0.39, 0.29) is 17.4 Å². The fourth-order valence-corrected chi connectivity index (χ4v) is 4.98. The lowest BCUT2D eigenvalue weighted by Crippen LogP contribution is -2.27. The molecule has 9 heteroatoms. The Bertz CT molecular complexity index is 1370. The van der Waals surface area contributed by atoms with Gasteiger partial charge in [0.15, 0.2) is 16.8 Å². The first-order valence-corrected chi connectivity index (χ1v) is 12.6. The van der Waals surface area contributed by atoms with Gasteiger partial charge in [0, 0.05) is 42.8 Å². The number of likely N-dealkylation sites (tertiary alicyclic amines) is 1. The average Bonchev–Trinajstić information content (AvgIpc) is 3.65. The molecule has 178 valence electrons. The van der Waals surface area contributed by atoms with E-state index in [2.05, 4.69) is 46.1 Å². The summed E-state index contributed by atoms with van der Waals surface area (Å²) in [6.45, 7) is 5.68. The molecule has 0 bridgehead atoms. The molecule has 0 aliphatic carbocycles. The minimum Gasteiger partial charge on any atom is -0.356 e. The highest BCUT2D eigenvalue weighted by atomic mass is 32.2. The predicted molar refractivity (Wildman–Crippen MR) is 135 cm³/mol. The third kappa shape index (κ3) is 4.77. The number of amides is 1. The smallest absolute Gasteiger partial charge is 0.270 e. The molecule has 1 saturated heterocycles. The Balaban J connectivity index is 1.38. The summed E-state index contributed by atoms with van der Waals surface area (Å²) in [7, 11) is 0. The number of ketones is 1. The van der Waals surface area contributed by atoms with Crippen LogP contribution in [0.1, 0.15) is 44.8 Å². The molecule has 0 saturated carbocycles. The van der Waals surface area contributed by atoms with Crippen LogP contribution in [-0.2, 0) is 0 Å². The summed E-state index contributed by atoms with van der Waals surface area (Å²) >= 11 is 1.33. The normalized spacial score (nSPS) is 13.4. The zero-order valence-electron chi connectivity index (χ0n) is 19.7. The SMILES string of the molecule is Cc1ccc(-n2c(SCC(=O)c3c[nH]c(C(=O)N4CCCC4)c3)nnc2-c2ccncc2)cc1C. The Morgan fingerprint density at radius 3 is 2.51 bits per heavy atom. The fourth-order valence-electron chi connectivity index (χ4n) is 4.13. The van der Waals surface area contributed by atoms with Crippen molar-refractivity contribution in [3.63, 3.8) is 0 Å². The molecule has 0 spiro atoms. The Hall–Kier alpha value is -3.72. The highest BCUT2D eigenvalue weighted by molar-refractivity contribution is 7.99. The Kier molecular flexibility index (Phi) is 6.50. The molecule has 1 fully saturated rings. The predicted octanol–water partition coefficient (Wildman–Crippen LogP) is 4.49. The highest BCUT2D eigenvalue weighted by Crippen LogP contribution is 2.29. The van der Waals surface area contributed by atoms with E-state index in [4.69, 9.17) is 0 Å². The molecular formula is C26H26N6O2S. The van der Waals surface area contributed by atoms with Crippen LogP contribution in [0.2, 0.25) is 0 Å². The van der Waals surface area contributed by atoms with Crippen molar-refractivity contribution in [3.05, 3.63) is 77.4 Å². The van der Waals surface area contributed by atoms with Crippen LogP contribution in [-0.4, -0.2) is 60.2 Å². The molecule has 8 nitrogen and oxygen atoms in total. The number of carbonyl (C=O) groups is 2. The summed E-state index contributed by atoms with van der Waals surface area (Å²) in [6.07, 6.45) is 7.10. The summed E-state index contributed by atoms with van der Waals surface area (Å²) in [6, 6.07) is 11.6. The second kappa shape index (κ2) is 9.87. The number of carbonyl (C=O) groups excluding carboxylic acids is 2. The van der Waals surface area contributed by atoms with Gasteiger partial charge in [-0.15, -0.1) is 10.2 Å². The van der Waals surface area contributed by atoms with Gasteiger partial charge in [-0.25, -0.2) is 0 Å². The van der Waals surface area contributed by atoms with Crippen molar-refractivity contribution >= 4 is 23.5 Å². The van der Waals surface area contributed by atoms with Crippen LogP contribution in [0.15, 0.2) is 60.1 Å². The number of nitrogens with one attached hydrogen (secondary N) is 1. The standard InChI is InChI=1S/C26H26N6O2S/c1-17-5-6-21(13-18(17)2)32-24(19-7-9-27-10-8-19)29-30-26(32)35-16-23(33)20-14-22(28-15-20)25(34)31-11-3-4-12-31/h5-10,13-15,28H,3-4,11-12,16H2,1-2H3. The first-order chi connectivity index (χ1) is 17.0. The number of thioether (sulfide) groups is 1. The molecule has 35 heavy (non-hydrogen) atoms. The number of aromatic nitrogens is 5. The summed E-state index contributed by atoms with van der Waals surface area (Å²) in [5.41, 5.74) is 5.12. The number of hydrogen-bond acceptors (Lipinski definition) is 6. The van der Waals surface area contributed by atoms with Gasteiger partial charge in [-0.1, -0.05) is 17.8 Å². The number of pyridine rings is 1. The number of benzene rings is 1. The van der Waals surface area contributed by atoms with Crippen molar-refractivity contribution in [2.45, 2.75) is 31.8 Å². The van der Waals surface area contributed by atoms with Crippen LogP contribution >= 0.6 is 11.8 Å². The van der Waals surface area contributed by atoms with Gasteiger partial charge < -0.3 is 9.88 Å². The number of H-pyrrole nitrogens is 1. The quantitative estimate of drug-likeness (QED) is 0.306. The average molecular weight is 487 g/mol. The summed E-state index contributed by atoms with van der Waals surface area (Å²) in [5.74, 6) is 0.734. The zero-order valence-corrected chi connectivity index (χ0v) is 20.5. The van der Waals surface area contributed by atoms with Crippen LogP contribution in [0.5, 0.6) is 0 Å². The lowest BCUT2D eigenvalue weighted by atomic mass is 10.1. The minimum atomic E-state index is -0.0770. The maximum Gasteiger partial charge on any atom is 0.270 e. The second-order valence-electron chi connectivity index (χ2n) is 8.66. The van der Waals surface area contributed by atoms with Crippen molar-refractivity contribution in [2.24, 2.45) is 0 Å². The number of aryl methyl sites for hydroxylation is 2. The summed E-state index contributed by atoms with van der Waals surface area (Å²) in [4.78, 5) is 34.5. The first-order valence-electron chi connectivity index (χ1n) is 11.6. The van der Waals surface area contributed by atoms with Gasteiger partial charge in [0.05, 0.1) is 11.4 Å². The van der Waals surface area contributed by atoms with E-state index in [1.807, 2.05) is 27.7 Å². The van der Waals surface area contributed by atoms with Gasteiger partial charge in [-0.2, -0.15) is 0 Å². The van der Waals surface area contributed by atoms with Crippen LogP contribution in [0.3, 0.4) is 0 Å². The molecule has 1 aliphatic heterocycles. The third-order valence-corrected chi connectivity index (χ3v) is 7.21.